The van der Waals surface area contributed by atoms with Gasteiger partial charge in [0.2, 0.25) is 0 Å². The normalized spacial score (nSPS) is 25.4. The summed E-state index contributed by atoms with van der Waals surface area (Å²) in [7, 11) is 0. The summed E-state index contributed by atoms with van der Waals surface area (Å²) in [4.78, 5) is 12.0. The van der Waals surface area contributed by atoms with Crippen molar-refractivity contribution in [2.24, 2.45) is 5.41 Å². The summed E-state index contributed by atoms with van der Waals surface area (Å²) in [5, 5.41) is 0. The van der Waals surface area contributed by atoms with E-state index in [-0.39, 0.29) is 18.2 Å². The molecule has 0 radical (unpaired) electrons. The first-order chi connectivity index (χ1) is 11.9. The van der Waals surface area contributed by atoms with Crippen molar-refractivity contribution >= 4 is 5.97 Å². The van der Waals surface area contributed by atoms with Crippen molar-refractivity contribution < 1.29 is 19.0 Å². The first-order valence-electron chi connectivity index (χ1n) is 9.45. The molecular weight excluding hydrogens is 316 g/mol. The van der Waals surface area contributed by atoms with Crippen LogP contribution in [0.2, 0.25) is 0 Å². The second-order valence-electron chi connectivity index (χ2n) is 8.29. The van der Waals surface area contributed by atoms with Crippen LogP contribution in [0.5, 0.6) is 0 Å². The van der Waals surface area contributed by atoms with E-state index in [0.717, 1.165) is 32.1 Å². The lowest BCUT2D eigenvalue weighted by Gasteiger charge is -2.22. The van der Waals surface area contributed by atoms with Gasteiger partial charge in [0, 0.05) is 25.7 Å². The Morgan fingerprint density at radius 3 is 2.40 bits per heavy atom. The van der Waals surface area contributed by atoms with E-state index in [4.69, 9.17) is 14.2 Å². The minimum absolute atomic E-state index is 0.0221. The lowest BCUT2D eigenvalue weighted by Crippen LogP contribution is -2.29. The molecule has 25 heavy (non-hydrogen) atoms. The zero-order valence-corrected chi connectivity index (χ0v) is 15.6. The van der Waals surface area contributed by atoms with Crippen LogP contribution in [0, 0.1) is 5.41 Å². The fraction of sp³-hybridized carbons (Fsp3) is 0.667. The minimum atomic E-state index is -0.469. The van der Waals surface area contributed by atoms with Crippen molar-refractivity contribution in [1.29, 1.82) is 0 Å². The number of hydrogen-bond acceptors (Lipinski definition) is 4. The Hall–Kier alpha value is -1.39. The van der Waals surface area contributed by atoms with Gasteiger partial charge in [-0.25, -0.2) is 0 Å². The van der Waals surface area contributed by atoms with E-state index < -0.39 is 11.2 Å². The molecule has 0 aromatic heterocycles. The summed E-state index contributed by atoms with van der Waals surface area (Å²) < 4.78 is 18.2. The molecule has 1 spiro atoms. The second-order valence-corrected chi connectivity index (χ2v) is 8.29. The average Bonchev–Trinajstić information content (AvgIpc) is 3.15. The smallest absolute Gasteiger partial charge is 0.311 e. The highest BCUT2D eigenvalue weighted by atomic mass is 16.8. The molecule has 1 aliphatic heterocycles. The van der Waals surface area contributed by atoms with E-state index in [1.165, 1.54) is 5.56 Å². The van der Waals surface area contributed by atoms with Gasteiger partial charge in [-0.3, -0.25) is 4.79 Å². The zero-order valence-electron chi connectivity index (χ0n) is 15.6. The third kappa shape index (κ3) is 4.62. The summed E-state index contributed by atoms with van der Waals surface area (Å²) in [5.41, 5.74) is 0.784. The van der Waals surface area contributed by atoms with Crippen LogP contribution in [0.15, 0.2) is 30.3 Å². The SMILES string of the molecule is CC(C)(C)C(=O)OCC[C@H]1OC2(CCCC2)O[C@@H]1Cc1ccccc1. The van der Waals surface area contributed by atoms with Gasteiger partial charge in [0.05, 0.1) is 24.2 Å². The highest BCUT2D eigenvalue weighted by molar-refractivity contribution is 5.75. The van der Waals surface area contributed by atoms with Crippen molar-refractivity contribution in [3.63, 3.8) is 0 Å². The van der Waals surface area contributed by atoms with Crippen LogP contribution >= 0.6 is 0 Å². The predicted molar refractivity (Wildman–Crippen MR) is 96.1 cm³/mol. The molecule has 138 valence electrons. The minimum Gasteiger partial charge on any atom is -0.465 e. The standard InChI is InChI=1S/C21H30O4/c1-20(2,3)19(22)23-14-11-17-18(15-16-9-5-4-6-10-16)25-21(24-17)12-7-8-13-21/h4-6,9-10,17-18H,7-8,11-15H2,1-3H3/t17-,18-/m1/s1. The molecule has 1 heterocycles. The van der Waals surface area contributed by atoms with Gasteiger partial charge in [-0.05, 0) is 39.2 Å². The Balaban J connectivity index is 1.61. The second kappa shape index (κ2) is 7.46. The molecule has 2 atom stereocenters. The van der Waals surface area contributed by atoms with Crippen molar-refractivity contribution in [3.8, 4) is 0 Å². The van der Waals surface area contributed by atoms with E-state index in [9.17, 15) is 4.79 Å². The molecular formula is C21H30O4. The third-order valence-electron chi connectivity index (χ3n) is 5.04. The van der Waals surface area contributed by atoms with Gasteiger partial charge < -0.3 is 14.2 Å². The predicted octanol–water partition coefficient (Wildman–Crippen LogP) is 4.26. The maximum Gasteiger partial charge on any atom is 0.311 e. The topological polar surface area (TPSA) is 44.8 Å². The molecule has 3 rings (SSSR count). The first-order valence-corrected chi connectivity index (χ1v) is 9.45. The summed E-state index contributed by atoms with van der Waals surface area (Å²) in [6.07, 6.45) is 5.77. The number of esters is 1. The lowest BCUT2D eigenvalue weighted by molar-refractivity contribution is -0.171. The zero-order chi connectivity index (χ0) is 17.9. The van der Waals surface area contributed by atoms with Crippen LogP contribution in [0.3, 0.4) is 0 Å². The van der Waals surface area contributed by atoms with Crippen molar-refractivity contribution in [2.75, 3.05) is 6.61 Å². The van der Waals surface area contributed by atoms with Gasteiger partial charge in [0.25, 0.3) is 0 Å². The Morgan fingerprint density at radius 2 is 1.76 bits per heavy atom. The van der Waals surface area contributed by atoms with E-state index in [2.05, 4.69) is 24.3 Å². The van der Waals surface area contributed by atoms with Gasteiger partial charge in [-0.1, -0.05) is 30.3 Å². The summed E-state index contributed by atoms with van der Waals surface area (Å²) in [6, 6.07) is 10.4. The third-order valence-corrected chi connectivity index (χ3v) is 5.04. The van der Waals surface area contributed by atoms with Gasteiger partial charge in [-0.2, -0.15) is 0 Å². The van der Waals surface area contributed by atoms with Crippen LogP contribution in [0.4, 0.5) is 0 Å². The Morgan fingerprint density at radius 1 is 1.12 bits per heavy atom. The van der Waals surface area contributed by atoms with Gasteiger partial charge in [0.1, 0.15) is 0 Å². The molecule has 0 bridgehead atoms. The van der Waals surface area contributed by atoms with Crippen LogP contribution in [-0.2, 0) is 25.4 Å². The summed E-state index contributed by atoms with van der Waals surface area (Å²) in [6.45, 7) is 5.99. The van der Waals surface area contributed by atoms with Crippen LogP contribution < -0.4 is 0 Å². The lowest BCUT2D eigenvalue weighted by atomic mass is 9.97. The largest absolute Gasteiger partial charge is 0.465 e. The van der Waals surface area contributed by atoms with Gasteiger partial charge >= 0.3 is 5.97 Å². The number of rotatable bonds is 5. The van der Waals surface area contributed by atoms with Crippen molar-refractivity contribution in [3.05, 3.63) is 35.9 Å². The summed E-state index contributed by atoms with van der Waals surface area (Å²) >= 11 is 0. The van der Waals surface area contributed by atoms with Gasteiger partial charge in [-0.15, -0.1) is 0 Å². The fourth-order valence-electron chi connectivity index (χ4n) is 3.63. The average molecular weight is 346 g/mol. The molecule has 2 aliphatic rings. The molecule has 4 nitrogen and oxygen atoms in total. The molecule has 0 unspecified atom stereocenters. The molecule has 1 aromatic carbocycles. The van der Waals surface area contributed by atoms with Crippen LogP contribution in [0.1, 0.15) is 58.4 Å². The Bertz CT molecular complexity index is 569. The highest BCUT2D eigenvalue weighted by Gasteiger charge is 2.48. The van der Waals surface area contributed by atoms with Crippen molar-refractivity contribution in [2.45, 2.75) is 77.3 Å². The number of ether oxygens (including phenoxy) is 3. The van der Waals surface area contributed by atoms with Crippen LogP contribution in [0.25, 0.3) is 0 Å². The molecule has 2 fully saturated rings. The van der Waals surface area contributed by atoms with Crippen molar-refractivity contribution in [1.82, 2.24) is 0 Å². The number of carbonyl (C=O) groups excluding carboxylic acids is 1. The Labute approximate surface area is 150 Å². The highest BCUT2D eigenvalue weighted by Crippen LogP contribution is 2.43. The Kier molecular flexibility index (Phi) is 5.49. The summed E-state index contributed by atoms with van der Waals surface area (Å²) in [5.74, 6) is -0.570. The number of benzene rings is 1. The quantitative estimate of drug-likeness (QED) is 0.747. The molecule has 1 aromatic rings. The molecule has 1 aliphatic carbocycles. The fourth-order valence-corrected chi connectivity index (χ4v) is 3.63. The monoisotopic (exact) mass is 346 g/mol. The molecule has 1 saturated heterocycles. The first kappa shape index (κ1) is 18.4. The van der Waals surface area contributed by atoms with E-state index >= 15 is 0 Å². The molecule has 1 saturated carbocycles. The maximum atomic E-state index is 12.0. The number of hydrogen-bond donors (Lipinski definition) is 0. The van der Waals surface area contributed by atoms with Crippen LogP contribution in [-0.4, -0.2) is 30.6 Å². The van der Waals surface area contributed by atoms with E-state index in [1.54, 1.807) is 0 Å². The molecule has 0 amide bonds. The molecule has 4 heteroatoms. The molecule has 0 N–H and O–H groups in total. The van der Waals surface area contributed by atoms with E-state index in [0.29, 0.717) is 13.0 Å². The number of carbonyl (C=O) groups is 1. The van der Waals surface area contributed by atoms with Gasteiger partial charge in [0.15, 0.2) is 5.79 Å². The van der Waals surface area contributed by atoms with E-state index in [1.807, 2.05) is 26.8 Å². The maximum absolute atomic E-state index is 12.0.